The number of benzene rings is 1. The Labute approximate surface area is 131 Å². The normalized spacial score (nSPS) is 13.8. The number of nitrogens with one attached hydrogen (secondary N) is 2. The topological polar surface area (TPSA) is 67.0 Å². The third-order valence-corrected chi connectivity index (χ3v) is 4.10. The van der Waals surface area contributed by atoms with E-state index in [1.165, 1.54) is 0 Å². The van der Waals surface area contributed by atoms with Crippen LogP contribution in [0.4, 0.5) is 5.82 Å². The van der Waals surface area contributed by atoms with Crippen LogP contribution in [0.2, 0.25) is 0 Å². The highest BCUT2D eigenvalue weighted by atomic mass is 79.9. The Morgan fingerprint density at radius 1 is 1.52 bits per heavy atom. The van der Waals surface area contributed by atoms with Gasteiger partial charge >= 0.3 is 0 Å². The maximum Gasteiger partial charge on any atom is 0.230 e. The molecule has 0 saturated heterocycles. The van der Waals surface area contributed by atoms with Gasteiger partial charge < -0.3 is 10.1 Å². The number of aromatic amines is 1. The zero-order valence-electron chi connectivity index (χ0n) is 11.7. The van der Waals surface area contributed by atoms with Gasteiger partial charge in [0.2, 0.25) is 5.91 Å². The molecule has 1 aromatic carbocycles. The summed E-state index contributed by atoms with van der Waals surface area (Å²) in [5.41, 5.74) is 4.11. The summed E-state index contributed by atoms with van der Waals surface area (Å²) in [6.07, 6.45) is 1.14. The van der Waals surface area contributed by atoms with Crippen molar-refractivity contribution in [2.75, 3.05) is 11.9 Å². The summed E-state index contributed by atoms with van der Waals surface area (Å²) in [5, 5.41) is 10.0. The highest BCUT2D eigenvalue weighted by Crippen LogP contribution is 2.22. The molecule has 2 N–H and O–H groups in total. The SMILES string of the molecule is Cc1cc(Br)ccc1CC(=O)Nc1n[nH]c2c1COCC2. The van der Waals surface area contributed by atoms with E-state index in [2.05, 4.69) is 31.4 Å². The van der Waals surface area contributed by atoms with Crippen molar-refractivity contribution >= 4 is 27.7 Å². The summed E-state index contributed by atoms with van der Waals surface area (Å²) in [6.45, 7) is 3.19. The Morgan fingerprint density at radius 2 is 2.38 bits per heavy atom. The number of aromatic nitrogens is 2. The quantitative estimate of drug-likeness (QED) is 0.895. The maximum atomic E-state index is 12.2. The number of H-pyrrole nitrogens is 1. The molecule has 0 unspecified atom stereocenters. The molecule has 1 aliphatic heterocycles. The minimum Gasteiger partial charge on any atom is -0.376 e. The van der Waals surface area contributed by atoms with Crippen molar-refractivity contribution in [3.63, 3.8) is 0 Å². The minimum atomic E-state index is -0.0692. The van der Waals surface area contributed by atoms with Gasteiger partial charge in [-0.3, -0.25) is 9.89 Å². The molecule has 0 aliphatic carbocycles. The molecule has 1 aliphatic rings. The van der Waals surface area contributed by atoms with Crippen LogP contribution in [0.25, 0.3) is 0 Å². The van der Waals surface area contributed by atoms with Crippen molar-refractivity contribution in [2.45, 2.75) is 26.4 Å². The van der Waals surface area contributed by atoms with Crippen LogP contribution in [0.15, 0.2) is 22.7 Å². The fourth-order valence-electron chi connectivity index (χ4n) is 2.42. The number of hydrogen-bond acceptors (Lipinski definition) is 3. The minimum absolute atomic E-state index is 0.0692. The predicted molar refractivity (Wildman–Crippen MR) is 83.2 cm³/mol. The lowest BCUT2D eigenvalue weighted by Crippen LogP contribution is -2.17. The molecule has 0 saturated carbocycles. The van der Waals surface area contributed by atoms with Crippen molar-refractivity contribution in [3.05, 3.63) is 45.1 Å². The highest BCUT2D eigenvalue weighted by Gasteiger charge is 2.19. The number of hydrogen-bond donors (Lipinski definition) is 2. The van der Waals surface area contributed by atoms with E-state index < -0.39 is 0 Å². The number of carbonyl (C=O) groups excluding carboxylic acids is 1. The first kappa shape index (κ1) is 14.3. The van der Waals surface area contributed by atoms with Gasteiger partial charge in [-0.1, -0.05) is 22.0 Å². The van der Waals surface area contributed by atoms with Crippen LogP contribution in [0, 0.1) is 6.92 Å². The lowest BCUT2D eigenvalue weighted by atomic mass is 10.1. The van der Waals surface area contributed by atoms with Gasteiger partial charge in [-0.25, -0.2) is 0 Å². The molecule has 0 spiro atoms. The number of aryl methyl sites for hydroxylation is 1. The van der Waals surface area contributed by atoms with Crippen molar-refractivity contribution in [2.24, 2.45) is 0 Å². The first-order valence-corrected chi connectivity index (χ1v) is 7.61. The average molecular weight is 350 g/mol. The van der Waals surface area contributed by atoms with Crippen LogP contribution < -0.4 is 5.32 Å². The van der Waals surface area contributed by atoms with E-state index in [1.54, 1.807) is 0 Å². The van der Waals surface area contributed by atoms with E-state index in [-0.39, 0.29) is 5.91 Å². The monoisotopic (exact) mass is 349 g/mol. The molecule has 1 amide bonds. The summed E-state index contributed by atoms with van der Waals surface area (Å²) in [4.78, 5) is 12.2. The third kappa shape index (κ3) is 3.16. The number of fused-ring (bicyclic) bond motifs is 1. The van der Waals surface area contributed by atoms with Crippen molar-refractivity contribution < 1.29 is 9.53 Å². The van der Waals surface area contributed by atoms with Crippen LogP contribution in [-0.2, 0) is 29.0 Å². The highest BCUT2D eigenvalue weighted by molar-refractivity contribution is 9.10. The number of halogens is 1. The standard InChI is InChI=1S/C15H16BrN3O2/c1-9-6-11(16)3-2-10(9)7-14(20)17-15-12-8-21-5-4-13(12)18-19-15/h2-3,6H,4-5,7-8H2,1H3,(H2,17,18,19,20). The van der Waals surface area contributed by atoms with Crippen LogP contribution in [0.1, 0.15) is 22.4 Å². The molecular formula is C15H16BrN3O2. The zero-order chi connectivity index (χ0) is 14.8. The number of ether oxygens (including phenoxy) is 1. The lowest BCUT2D eigenvalue weighted by Gasteiger charge is -2.12. The summed E-state index contributed by atoms with van der Waals surface area (Å²) in [5.74, 6) is 0.518. The van der Waals surface area contributed by atoms with Gasteiger partial charge in [0.25, 0.3) is 0 Å². The second-order valence-corrected chi connectivity index (χ2v) is 6.04. The molecule has 6 heteroatoms. The fourth-order valence-corrected chi connectivity index (χ4v) is 2.90. The van der Waals surface area contributed by atoms with Crippen LogP contribution in [0.3, 0.4) is 0 Å². The maximum absolute atomic E-state index is 12.2. The molecule has 0 bridgehead atoms. The molecule has 21 heavy (non-hydrogen) atoms. The van der Waals surface area contributed by atoms with Gasteiger partial charge in [-0.05, 0) is 30.2 Å². The summed E-state index contributed by atoms with van der Waals surface area (Å²) in [6, 6.07) is 5.91. The summed E-state index contributed by atoms with van der Waals surface area (Å²) < 4.78 is 6.43. The van der Waals surface area contributed by atoms with E-state index in [9.17, 15) is 4.79 Å². The van der Waals surface area contributed by atoms with Crippen molar-refractivity contribution in [3.8, 4) is 0 Å². The molecular weight excluding hydrogens is 334 g/mol. The first-order valence-electron chi connectivity index (χ1n) is 6.82. The number of carbonyl (C=O) groups is 1. The van der Waals surface area contributed by atoms with Gasteiger partial charge in [0, 0.05) is 22.2 Å². The Balaban J connectivity index is 1.70. The van der Waals surface area contributed by atoms with Crippen LogP contribution in [0.5, 0.6) is 0 Å². The largest absolute Gasteiger partial charge is 0.376 e. The Hall–Kier alpha value is -1.66. The second kappa shape index (κ2) is 5.99. The lowest BCUT2D eigenvalue weighted by molar-refractivity contribution is -0.115. The molecule has 0 radical (unpaired) electrons. The Morgan fingerprint density at radius 3 is 3.19 bits per heavy atom. The van der Waals surface area contributed by atoms with Gasteiger partial charge in [0.05, 0.1) is 19.6 Å². The van der Waals surface area contributed by atoms with Crippen molar-refractivity contribution in [1.82, 2.24) is 10.2 Å². The summed E-state index contributed by atoms with van der Waals surface area (Å²) >= 11 is 3.42. The summed E-state index contributed by atoms with van der Waals surface area (Å²) in [7, 11) is 0. The van der Waals surface area contributed by atoms with E-state index in [1.807, 2.05) is 25.1 Å². The van der Waals surface area contributed by atoms with Gasteiger partial charge in [0.15, 0.2) is 5.82 Å². The van der Waals surface area contributed by atoms with E-state index >= 15 is 0 Å². The number of nitrogens with zero attached hydrogens (tertiary/aromatic N) is 1. The van der Waals surface area contributed by atoms with Gasteiger partial charge in [0.1, 0.15) is 0 Å². The third-order valence-electron chi connectivity index (χ3n) is 3.61. The van der Waals surface area contributed by atoms with Crippen LogP contribution in [-0.4, -0.2) is 22.7 Å². The molecule has 2 heterocycles. The van der Waals surface area contributed by atoms with E-state index in [0.29, 0.717) is 25.5 Å². The van der Waals surface area contributed by atoms with E-state index in [4.69, 9.17) is 4.74 Å². The molecule has 0 fully saturated rings. The zero-order valence-corrected chi connectivity index (χ0v) is 13.3. The Kier molecular flexibility index (Phi) is 4.07. The second-order valence-electron chi connectivity index (χ2n) is 5.13. The predicted octanol–water partition coefficient (Wildman–Crippen LogP) is 2.73. The van der Waals surface area contributed by atoms with E-state index in [0.717, 1.165) is 33.3 Å². The smallest absolute Gasteiger partial charge is 0.230 e. The van der Waals surface area contributed by atoms with Crippen molar-refractivity contribution in [1.29, 1.82) is 0 Å². The molecule has 0 atom stereocenters. The van der Waals surface area contributed by atoms with Gasteiger partial charge in [-0.15, -0.1) is 0 Å². The average Bonchev–Trinajstić information content (AvgIpc) is 2.85. The molecule has 2 aromatic rings. The van der Waals surface area contributed by atoms with Gasteiger partial charge in [-0.2, -0.15) is 5.10 Å². The van der Waals surface area contributed by atoms with Crippen LogP contribution >= 0.6 is 15.9 Å². The molecule has 1 aromatic heterocycles. The molecule has 110 valence electrons. The number of rotatable bonds is 3. The number of anilines is 1. The first-order chi connectivity index (χ1) is 10.1. The fraction of sp³-hybridized carbons (Fsp3) is 0.333. The number of amides is 1. The molecule has 5 nitrogen and oxygen atoms in total. The molecule has 3 rings (SSSR count). The Bertz CT molecular complexity index is 682.